The predicted molar refractivity (Wildman–Crippen MR) is 101 cm³/mol. The van der Waals surface area contributed by atoms with Crippen LogP contribution in [-0.4, -0.2) is 70.6 Å². The fraction of sp³-hybridized carbons (Fsp3) is 0.579. The van der Waals surface area contributed by atoms with Crippen molar-refractivity contribution in [2.24, 2.45) is 11.8 Å². The van der Waals surface area contributed by atoms with Gasteiger partial charge in [0.1, 0.15) is 11.3 Å². The average molecular weight is 357 g/mol. The number of likely N-dealkylation sites (N-methyl/N-ethyl adjacent to an activating group) is 1. The largest absolute Gasteiger partial charge is 0.395 e. The first-order chi connectivity index (χ1) is 12.6. The van der Waals surface area contributed by atoms with Crippen LogP contribution in [-0.2, 0) is 4.79 Å². The summed E-state index contributed by atoms with van der Waals surface area (Å²) >= 11 is 0. The number of aromatic nitrogens is 3. The van der Waals surface area contributed by atoms with E-state index in [4.69, 9.17) is 5.11 Å². The maximum atomic E-state index is 12.4. The highest BCUT2D eigenvalue weighted by Crippen LogP contribution is 2.31. The van der Waals surface area contributed by atoms with Crippen molar-refractivity contribution >= 4 is 22.6 Å². The summed E-state index contributed by atoms with van der Waals surface area (Å²) in [6.07, 6.45) is 6.75. The van der Waals surface area contributed by atoms with Gasteiger partial charge in [0.25, 0.3) is 0 Å². The first-order valence-electron chi connectivity index (χ1n) is 9.18. The maximum absolute atomic E-state index is 12.4. The number of hydrogen-bond acceptors (Lipinski definition) is 7. The summed E-state index contributed by atoms with van der Waals surface area (Å²) in [6.45, 7) is 5.03. The Bertz CT molecular complexity index is 748. The summed E-state index contributed by atoms with van der Waals surface area (Å²) in [4.78, 5) is 29.6. The van der Waals surface area contributed by atoms with E-state index in [1.54, 1.807) is 18.6 Å². The van der Waals surface area contributed by atoms with Crippen LogP contribution in [0.2, 0.25) is 0 Å². The van der Waals surface area contributed by atoms with Crippen molar-refractivity contribution in [1.29, 1.82) is 0 Å². The van der Waals surface area contributed by atoms with E-state index in [1.807, 2.05) is 18.0 Å². The van der Waals surface area contributed by atoms with Gasteiger partial charge >= 0.3 is 0 Å². The summed E-state index contributed by atoms with van der Waals surface area (Å²) < 4.78 is 0. The highest BCUT2D eigenvalue weighted by Gasteiger charge is 2.28. The number of aliphatic hydroxyl groups is 1. The SMILES string of the molecule is C[C@H]1C[C@@H](CC(=O)CN(C)CCO)CN(c2ccnc3nccnc23)C1. The first kappa shape index (κ1) is 18.7. The van der Waals surface area contributed by atoms with Gasteiger partial charge in [0.05, 0.1) is 18.8 Å². The Morgan fingerprint density at radius 3 is 2.85 bits per heavy atom. The summed E-state index contributed by atoms with van der Waals surface area (Å²) in [7, 11) is 1.87. The molecule has 1 saturated heterocycles. The van der Waals surface area contributed by atoms with Crippen LogP contribution < -0.4 is 4.90 Å². The van der Waals surface area contributed by atoms with Gasteiger partial charge in [-0.15, -0.1) is 0 Å². The first-order valence-corrected chi connectivity index (χ1v) is 9.18. The van der Waals surface area contributed by atoms with Crippen molar-refractivity contribution in [3.63, 3.8) is 0 Å². The molecule has 3 rings (SSSR count). The van der Waals surface area contributed by atoms with Crippen molar-refractivity contribution in [2.45, 2.75) is 19.8 Å². The van der Waals surface area contributed by atoms with E-state index in [9.17, 15) is 4.79 Å². The Kier molecular flexibility index (Phi) is 6.11. The number of carbonyl (C=O) groups is 1. The van der Waals surface area contributed by atoms with Gasteiger partial charge in [0.2, 0.25) is 0 Å². The third-order valence-corrected chi connectivity index (χ3v) is 4.88. The normalized spacial score (nSPS) is 20.7. The molecule has 140 valence electrons. The number of ketones is 1. The number of Topliss-reactive ketones (excluding diaryl/α,β-unsaturated/α-hetero) is 1. The van der Waals surface area contributed by atoms with Crippen molar-refractivity contribution in [1.82, 2.24) is 19.9 Å². The molecule has 0 amide bonds. The van der Waals surface area contributed by atoms with Crippen LogP contribution in [0.15, 0.2) is 24.7 Å². The zero-order chi connectivity index (χ0) is 18.5. The standard InChI is InChI=1S/C19H27N5O2/c1-14-9-15(10-16(26)13-23(2)7-8-25)12-24(11-14)17-3-4-21-19-18(17)20-5-6-22-19/h3-6,14-15,25H,7-13H2,1-2H3/t14-,15-/m0/s1. The van der Waals surface area contributed by atoms with Gasteiger partial charge < -0.3 is 10.0 Å². The van der Waals surface area contributed by atoms with Crippen LogP contribution in [0.25, 0.3) is 11.2 Å². The molecule has 7 heteroatoms. The van der Waals surface area contributed by atoms with E-state index in [0.29, 0.717) is 37.0 Å². The lowest BCUT2D eigenvalue weighted by Gasteiger charge is -2.38. The molecule has 1 N–H and O–H groups in total. The molecule has 1 aliphatic heterocycles. The van der Waals surface area contributed by atoms with Gasteiger partial charge in [-0.3, -0.25) is 9.69 Å². The van der Waals surface area contributed by atoms with Crippen LogP contribution in [0.5, 0.6) is 0 Å². The molecule has 0 bridgehead atoms. The second-order valence-electron chi connectivity index (χ2n) is 7.37. The molecule has 0 aromatic carbocycles. The number of anilines is 1. The monoisotopic (exact) mass is 357 g/mol. The molecule has 1 aliphatic rings. The fourth-order valence-electron chi connectivity index (χ4n) is 3.88. The van der Waals surface area contributed by atoms with Crippen LogP contribution in [0.1, 0.15) is 19.8 Å². The van der Waals surface area contributed by atoms with Gasteiger partial charge in [0, 0.05) is 44.6 Å². The van der Waals surface area contributed by atoms with Gasteiger partial charge in [0.15, 0.2) is 5.65 Å². The third kappa shape index (κ3) is 4.53. The van der Waals surface area contributed by atoms with Gasteiger partial charge in [-0.1, -0.05) is 6.92 Å². The van der Waals surface area contributed by atoms with Crippen LogP contribution in [0.3, 0.4) is 0 Å². The molecular formula is C19H27N5O2. The van der Waals surface area contributed by atoms with E-state index in [0.717, 1.165) is 30.7 Å². The summed E-state index contributed by atoms with van der Waals surface area (Å²) in [5.41, 5.74) is 2.52. The second kappa shape index (κ2) is 8.51. The zero-order valence-corrected chi connectivity index (χ0v) is 15.5. The molecule has 3 heterocycles. The molecule has 0 saturated carbocycles. The number of pyridine rings is 1. The Morgan fingerprint density at radius 1 is 1.27 bits per heavy atom. The third-order valence-electron chi connectivity index (χ3n) is 4.88. The second-order valence-corrected chi connectivity index (χ2v) is 7.37. The molecule has 0 radical (unpaired) electrons. The number of piperidine rings is 1. The molecule has 2 atom stereocenters. The molecule has 0 unspecified atom stereocenters. The number of fused-ring (bicyclic) bond motifs is 1. The van der Waals surface area contributed by atoms with Crippen molar-refractivity contribution in [3.8, 4) is 0 Å². The molecule has 0 spiro atoms. The van der Waals surface area contributed by atoms with Crippen LogP contribution in [0, 0.1) is 11.8 Å². The molecule has 0 aliphatic carbocycles. The summed E-state index contributed by atoms with van der Waals surface area (Å²) in [6, 6.07) is 1.99. The Morgan fingerprint density at radius 2 is 2.04 bits per heavy atom. The van der Waals surface area contributed by atoms with E-state index in [1.165, 1.54) is 0 Å². The number of carbonyl (C=O) groups excluding carboxylic acids is 1. The number of rotatable bonds is 7. The highest BCUT2D eigenvalue weighted by molar-refractivity contribution is 5.85. The molecule has 7 nitrogen and oxygen atoms in total. The van der Waals surface area contributed by atoms with E-state index < -0.39 is 0 Å². The number of aliphatic hydroxyl groups excluding tert-OH is 1. The van der Waals surface area contributed by atoms with E-state index >= 15 is 0 Å². The minimum Gasteiger partial charge on any atom is -0.395 e. The minimum atomic E-state index is 0.0776. The lowest BCUT2D eigenvalue weighted by Crippen LogP contribution is -2.41. The summed E-state index contributed by atoms with van der Waals surface area (Å²) in [5.74, 6) is 1.07. The van der Waals surface area contributed by atoms with E-state index in [-0.39, 0.29) is 12.4 Å². The van der Waals surface area contributed by atoms with Crippen LogP contribution >= 0.6 is 0 Å². The van der Waals surface area contributed by atoms with Crippen molar-refractivity contribution in [2.75, 3.05) is 44.7 Å². The smallest absolute Gasteiger partial charge is 0.180 e. The highest BCUT2D eigenvalue weighted by atomic mass is 16.3. The average Bonchev–Trinajstić information content (AvgIpc) is 2.60. The topological polar surface area (TPSA) is 82.5 Å². The summed E-state index contributed by atoms with van der Waals surface area (Å²) in [5, 5.41) is 8.98. The Hall–Kier alpha value is -2.12. The zero-order valence-electron chi connectivity index (χ0n) is 15.5. The Balaban J connectivity index is 1.71. The fourth-order valence-corrected chi connectivity index (χ4v) is 3.88. The quantitative estimate of drug-likeness (QED) is 0.801. The molecular weight excluding hydrogens is 330 g/mol. The van der Waals surface area contributed by atoms with Crippen molar-refractivity contribution < 1.29 is 9.90 Å². The van der Waals surface area contributed by atoms with Gasteiger partial charge in [-0.05, 0) is 31.4 Å². The van der Waals surface area contributed by atoms with Gasteiger partial charge in [-0.2, -0.15) is 0 Å². The molecule has 2 aromatic rings. The molecule has 2 aromatic heterocycles. The van der Waals surface area contributed by atoms with E-state index in [2.05, 4.69) is 26.8 Å². The molecule has 1 fully saturated rings. The van der Waals surface area contributed by atoms with Crippen LogP contribution in [0.4, 0.5) is 5.69 Å². The lowest BCUT2D eigenvalue weighted by atomic mass is 9.86. The predicted octanol–water partition coefficient (Wildman–Crippen LogP) is 1.37. The number of nitrogens with zero attached hydrogens (tertiary/aromatic N) is 5. The Labute approximate surface area is 154 Å². The molecule has 26 heavy (non-hydrogen) atoms. The van der Waals surface area contributed by atoms with Crippen molar-refractivity contribution in [3.05, 3.63) is 24.7 Å². The maximum Gasteiger partial charge on any atom is 0.180 e. The van der Waals surface area contributed by atoms with Gasteiger partial charge in [-0.25, -0.2) is 15.0 Å². The minimum absolute atomic E-state index is 0.0776. The number of hydrogen-bond donors (Lipinski definition) is 1. The lowest BCUT2D eigenvalue weighted by molar-refractivity contribution is -0.121.